The highest BCUT2D eigenvalue weighted by molar-refractivity contribution is 7.87. The first kappa shape index (κ1) is 29.0. The molecule has 0 aromatic carbocycles. The van der Waals surface area contributed by atoms with Crippen molar-refractivity contribution in [3.05, 3.63) is 0 Å². The van der Waals surface area contributed by atoms with Gasteiger partial charge in [-0.25, -0.2) is 0 Å². The van der Waals surface area contributed by atoms with E-state index in [9.17, 15) is 26.4 Å². The van der Waals surface area contributed by atoms with Gasteiger partial charge in [-0.15, -0.1) is 0 Å². The van der Waals surface area contributed by atoms with Gasteiger partial charge in [0.25, 0.3) is 0 Å². The van der Waals surface area contributed by atoms with Crippen LogP contribution in [0.2, 0.25) is 0 Å². The van der Waals surface area contributed by atoms with Gasteiger partial charge in [-0.3, -0.25) is 18.0 Å². The van der Waals surface area contributed by atoms with Crippen molar-refractivity contribution in [2.24, 2.45) is 0 Å². The molecule has 2 aliphatic carbocycles. The Morgan fingerprint density at radius 2 is 0.971 bits per heavy atom. The maximum Gasteiger partial charge on any atom is 0.307 e. The van der Waals surface area contributed by atoms with Crippen molar-refractivity contribution in [3.8, 4) is 0 Å². The highest BCUT2D eigenvalue weighted by Gasteiger charge is 2.31. The Bertz CT molecular complexity index is 784. The van der Waals surface area contributed by atoms with Gasteiger partial charge in [0.2, 0.25) is 10.9 Å². The van der Waals surface area contributed by atoms with E-state index in [1.807, 2.05) is 0 Å². The summed E-state index contributed by atoms with van der Waals surface area (Å²) in [7, 11) is -8.05. The van der Waals surface area contributed by atoms with Gasteiger partial charge in [0.15, 0.2) is 0 Å². The van der Waals surface area contributed by atoms with Crippen LogP contribution in [0.15, 0.2) is 0 Å². The molecule has 0 heterocycles. The number of ether oxygens (including phenoxy) is 2. The summed E-state index contributed by atoms with van der Waals surface area (Å²) < 4.78 is 69.3. The average Bonchev–Trinajstić information content (AvgIpc) is 2.77. The number of carbonyl (C=O) groups is 2. The third kappa shape index (κ3) is 10.2. The summed E-state index contributed by atoms with van der Waals surface area (Å²) in [6.07, 6.45) is 8.03. The van der Waals surface area contributed by atoms with E-state index in [-0.39, 0.29) is 37.9 Å². The lowest BCUT2D eigenvalue weighted by atomic mass is 9.98. The Hall–Kier alpha value is -1.24. The lowest BCUT2D eigenvalue weighted by molar-refractivity contribution is -0.147. The molecule has 2 atom stereocenters. The smallest absolute Gasteiger partial charge is 0.307 e. The Balaban J connectivity index is 1.64. The molecule has 2 unspecified atom stereocenters. The topological polar surface area (TPSA) is 139 Å². The van der Waals surface area contributed by atoms with Crippen LogP contribution in [0.3, 0.4) is 0 Å². The standard InChI is InChI=1S/C22H38O10S2/c1-17(33(25,26)31-19-11-5-3-6-12-19)29-21(23)15-9-10-16-22(24)30-18(2)34(27,28)32-20-13-7-4-8-14-20/h17-20H,3-16H2,1-2H3. The van der Waals surface area contributed by atoms with Crippen molar-refractivity contribution in [2.45, 2.75) is 127 Å². The summed E-state index contributed by atoms with van der Waals surface area (Å²) in [6, 6.07) is 0. The Labute approximate surface area is 203 Å². The molecule has 0 N–H and O–H groups in total. The van der Waals surface area contributed by atoms with Crippen molar-refractivity contribution in [2.75, 3.05) is 0 Å². The van der Waals surface area contributed by atoms with Crippen LogP contribution in [0.25, 0.3) is 0 Å². The number of rotatable bonds is 13. The second kappa shape index (κ2) is 13.7. The van der Waals surface area contributed by atoms with Gasteiger partial charge >= 0.3 is 32.2 Å². The Morgan fingerprint density at radius 3 is 1.29 bits per heavy atom. The van der Waals surface area contributed by atoms with E-state index in [0.29, 0.717) is 25.7 Å². The summed E-state index contributed by atoms with van der Waals surface area (Å²) in [5, 5.41) is 0. The largest absolute Gasteiger partial charge is 0.444 e. The monoisotopic (exact) mass is 526 g/mol. The van der Waals surface area contributed by atoms with Gasteiger partial charge in [0.1, 0.15) is 0 Å². The minimum Gasteiger partial charge on any atom is -0.444 e. The molecule has 0 spiro atoms. The highest BCUT2D eigenvalue weighted by atomic mass is 32.2. The van der Waals surface area contributed by atoms with Crippen LogP contribution in [-0.2, 0) is 47.7 Å². The number of esters is 2. The van der Waals surface area contributed by atoms with Crippen LogP contribution in [-0.4, -0.2) is 51.9 Å². The average molecular weight is 527 g/mol. The molecular weight excluding hydrogens is 488 g/mol. The van der Waals surface area contributed by atoms with Crippen molar-refractivity contribution in [1.29, 1.82) is 0 Å². The van der Waals surface area contributed by atoms with Gasteiger partial charge in [-0.05, 0) is 52.4 Å². The maximum atomic E-state index is 12.2. The predicted octanol–water partition coefficient (Wildman–Crippen LogP) is 3.68. The van der Waals surface area contributed by atoms with Gasteiger partial charge in [0.05, 0.1) is 12.2 Å². The minimum atomic E-state index is -4.02. The molecule has 0 bridgehead atoms. The molecule has 0 aromatic rings. The zero-order valence-electron chi connectivity index (χ0n) is 20.1. The summed E-state index contributed by atoms with van der Waals surface area (Å²) in [6.45, 7) is 2.51. The van der Waals surface area contributed by atoms with E-state index in [2.05, 4.69) is 0 Å². The van der Waals surface area contributed by atoms with Crippen LogP contribution >= 0.6 is 0 Å². The Morgan fingerprint density at radius 1 is 0.647 bits per heavy atom. The van der Waals surface area contributed by atoms with Crippen LogP contribution in [0.5, 0.6) is 0 Å². The van der Waals surface area contributed by atoms with E-state index in [0.717, 1.165) is 38.5 Å². The lowest BCUT2D eigenvalue weighted by Crippen LogP contribution is -2.31. The first-order chi connectivity index (χ1) is 16.0. The Kier molecular flexibility index (Phi) is 11.7. The van der Waals surface area contributed by atoms with E-state index in [4.69, 9.17) is 17.8 Å². The van der Waals surface area contributed by atoms with E-state index in [1.165, 1.54) is 13.8 Å². The van der Waals surface area contributed by atoms with Gasteiger partial charge in [-0.1, -0.05) is 38.5 Å². The number of unbranched alkanes of at least 4 members (excludes halogenated alkanes) is 1. The molecule has 0 radical (unpaired) electrons. The molecule has 12 heteroatoms. The molecular formula is C22H38O10S2. The van der Waals surface area contributed by atoms with Gasteiger partial charge in [0, 0.05) is 12.8 Å². The molecule has 2 aliphatic rings. The molecule has 2 rings (SSSR count). The van der Waals surface area contributed by atoms with Crippen LogP contribution in [0, 0.1) is 0 Å². The summed E-state index contributed by atoms with van der Waals surface area (Å²) in [5.41, 5.74) is -2.83. The molecule has 198 valence electrons. The van der Waals surface area contributed by atoms with Crippen LogP contribution < -0.4 is 0 Å². The zero-order valence-corrected chi connectivity index (χ0v) is 21.7. The molecule has 0 amide bonds. The summed E-state index contributed by atoms with van der Waals surface area (Å²) in [4.78, 5) is 24.0. The fourth-order valence-corrected chi connectivity index (χ4v) is 5.91. The molecule has 2 saturated carbocycles. The van der Waals surface area contributed by atoms with Crippen molar-refractivity contribution < 1.29 is 44.3 Å². The van der Waals surface area contributed by atoms with E-state index >= 15 is 0 Å². The van der Waals surface area contributed by atoms with Crippen LogP contribution in [0.4, 0.5) is 0 Å². The van der Waals surface area contributed by atoms with Crippen molar-refractivity contribution in [1.82, 2.24) is 0 Å². The fourth-order valence-electron chi connectivity index (χ4n) is 4.00. The van der Waals surface area contributed by atoms with E-state index < -0.39 is 43.0 Å². The minimum absolute atomic E-state index is 0.0881. The third-order valence-corrected chi connectivity index (χ3v) is 8.96. The SMILES string of the molecule is CC(OC(=O)CCCCC(=O)OC(C)S(=O)(=O)OC1CCCCC1)S(=O)(=O)OC1CCCCC1. The number of carbonyl (C=O) groups excluding carboxylic acids is 2. The zero-order chi connectivity index (χ0) is 25.2. The fraction of sp³-hybridized carbons (Fsp3) is 0.909. The molecule has 34 heavy (non-hydrogen) atoms. The lowest BCUT2D eigenvalue weighted by Gasteiger charge is -2.23. The molecule has 0 aromatic heterocycles. The normalized spacial score (nSPS) is 20.4. The first-order valence-corrected chi connectivity index (χ1v) is 15.2. The van der Waals surface area contributed by atoms with Gasteiger partial charge in [-0.2, -0.15) is 16.8 Å². The maximum absolute atomic E-state index is 12.2. The third-order valence-electron chi connectivity index (χ3n) is 6.06. The molecule has 10 nitrogen and oxygen atoms in total. The van der Waals surface area contributed by atoms with Crippen molar-refractivity contribution in [3.63, 3.8) is 0 Å². The second-order valence-corrected chi connectivity index (χ2v) is 12.7. The highest BCUT2D eigenvalue weighted by Crippen LogP contribution is 2.25. The molecule has 0 aliphatic heterocycles. The first-order valence-electron chi connectivity index (χ1n) is 12.2. The quantitative estimate of drug-likeness (QED) is 0.198. The van der Waals surface area contributed by atoms with Gasteiger partial charge < -0.3 is 9.47 Å². The van der Waals surface area contributed by atoms with E-state index in [1.54, 1.807) is 0 Å². The predicted molar refractivity (Wildman–Crippen MR) is 123 cm³/mol. The van der Waals surface area contributed by atoms with Crippen molar-refractivity contribution >= 4 is 32.2 Å². The summed E-state index contributed by atoms with van der Waals surface area (Å²) >= 11 is 0. The molecule has 0 saturated heterocycles. The van der Waals surface area contributed by atoms with Crippen LogP contribution in [0.1, 0.15) is 104 Å². The summed E-state index contributed by atoms with van der Waals surface area (Å²) in [5.74, 6) is -1.43. The number of hydrogen-bond donors (Lipinski definition) is 0. The number of hydrogen-bond acceptors (Lipinski definition) is 10. The molecule has 2 fully saturated rings. The second-order valence-electron chi connectivity index (χ2n) is 9.02.